The van der Waals surface area contributed by atoms with Crippen LogP contribution in [0.5, 0.6) is 0 Å². The molecule has 1 saturated heterocycles. The zero-order valence-electron chi connectivity index (χ0n) is 12.7. The van der Waals surface area contributed by atoms with Gasteiger partial charge in [-0.25, -0.2) is 22.1 Å². The van der Waals surface area contributed by atoms with E-state index in [0.717, 1.165) is 17.8 Å². The van der Waals surface area contributed by atoms with E-state index in [1.807, 2.05) is 10.3 Å². The maximum absolute atomic E-state index is 13.8. The first kappa shape index (κ1) is 16.3. The van der Waals surface area contributed by atoms with Gasteiger partial charge in [-0.05, 0) is 25.2 Å². The highest BCUT2D eigenvalue weighted by atomic mass is 32.2. The van der Waals surface area contributed by atoms with E-state index < -0.39 is 16.2 Å². The van der Waals surface area contributed by atoms with Crippen molar-refractivity contribution < 1.29 is 12.8 Å². The largest absolute Gasteiger partial charge is 0.289 e. The highest BCUT2D eigenvalue weighted by Crippen LogP contribution is 2.31. The fourth-order valence-electron chi connectivity index (χ4n) is 2.93. The molecule has 1 saturated carbocycles. The second-order valence-corrected chi connectivity index (χ2v) is 9.44. The number of hydrogen-bond acceptors (Lipinski definition) is 5. The first-order chi connectivity index (χ1) is 10.4. The number of thiazole rings is 1. The van der Waals surface area contributed by atoms with Gasteiger partial charge in [0.05, 0.1) is 12.3 Å². The summed E-state index contributed by atoms with van der Waals surface area (Å²) in [6.07, 6.45) is 3.28. The van der Waals surface area contributed by atoms with E-state index in [2.05, 4.69) is 4.98 Å². The lowest BCUT2D eigenvalue weighted by atomic mass is 10.2. The van der Waals surface area contributed by atoms with Crippen LogP contribution in [-0.4, -0.2) is 60.7 Å². The van der Waals surface area contributed by atoms with Gasteiger partial charge < -0.3 is 0 Å². The van der Waals surface area contributed by atoms with Gasteiger partial charge in [0.2, 0.25) is 10.0 Å². The zero-order chi connectivity index (χ0) is 15.7. The first-order valence-electron chi connectivity index (χ1n) is 7.64. The van der Waals surface area contributed by atoms with E-state index in [1.54, 1.807) is 24.6 Å². The van der Waals surface area contributed by atoms with Gasteiger partial charge in [0.15, 0.2) is 0 Å². The van der Waals surface area contributed by atoms with Crippen LogP contribution in [0.3, 0.4) is 0 Å². The number of hydrogen-bond donors (Lipinski definition) is 0. The third-order valence-electron chi connectivity index (χ3n) is 4.38. The summed E-state index contributed by atoms with van der Waals surface area (Å²) in [4.78, 5) is 6.26. The molecule has 0 aromatic carbocycles. The maximum Gasteiger partial charge on any atom is 0.214 e. The minimum Gasteiger partial charge on any atom is -0.289 e. The Morgan fingerprint density at radius 3 is 2.91 bits per heavy atom. The number of likely N-dealkylation sites (tertiary alicyclic amines) is 1. The number of nitrogens with zero attached hydrogens (tertiary/aromatic N) is 3. The SMILES string of the molecule is CN(C[C@@H]1C[C@H](F)CN1Cc1nccs1)S(=O)(=O)CC1CC1. The third-order valence-corrected chi connectivity index (χ3v) is 7.14. The molecule has 3 rings (SSSR count). The van der Waals surface area contributed by atoms with Gasteiger partial charge in [-0.2, -0.15) is 0 Å². The van der Waals surface area contributed by atoms with Crippen molar-refractivity contribution in [3.63, 3.8) is 0 Å². The first-order valence-corrected chi connectivity index (χ1v) is 10.1. The Labute approximate surface area is 135 Å². The van der Waals surface area contributed by atoms with Crippen LogP contribution in [0.25, 0.3) is 0 Å². The Bertz CT molecular complexity index is 589. The minimum atomic E-state index is -3.22. The van der Waals surface area contributed by atoms with Crippen molar-refractivity contribution in [3.05, 3.63) is 16.6 Å². The summed E-state index contributed by atoms with van der Waals surface area (Å²) >= 11 is 1.55. The van der Waals surface area contributed by atoms with Crippen LogP contribution in [-0.2, 0) is 16.6 Å². The molecule has 1 aromatic rings. The Morgan fingerprint density at radius 1 is 1.50 bits per heavy atom. The normalized spacial score (nSPS) is 26.9. The molecule has 22 heavy (non-hydrogen) atoms. The molecule has 2 heterocycles. The molecule has 5 nitrogen and oxygen atoms in total. The van der Waals surface area contributed by atoms with Crippen LogP contribution in [0.15, 0.2) is 11.6 Å². The second-order valence-electron chi connectivity index (χ2n) is 6.34. The molecule has 2 aliphatic rings. The van der Waals surface area contributed by atoms with Gasteiger partial charge >= 0.3 is 0 Å². The lowest BCUT2D eigenvalue weighted by Gasteiger charge is -2.27. The molecular formula is C14H22FN3O2S2. The van der Waals surface area contributed by atoms with Gasteiger partial charge in [0.25, 0.3) is 0 Å². The summed E-state index contributed by atoms with van der Waals surface area (Å²) in [5.41, 5.74) is 0. The number of aromatic nitrogens is 1. The molecule has 124 valence electrons. The molecule has 1 aliphatic heterocycles. The topological polar surface area (TPSA) is 53.5 Å². The number of sulfonamides is 1. The van der Waals surface area contributed by atoms with Crippen molar-refractivity contribution in [1.82, 2.24) is 14.2 Å². The Balaban J connectivity index is 1.61. The van der Waals surface area contributed by atoms with Crippen molar-refractivity contribution in [1.29, 1.82) is 0 Å². The average molecular weight is 347 g/mol. The third kappa shape index (κ3) is 4.04. The number of alkyl halides is 1. The molecule has 0 unspecified atom stereocenters. The molecule has 8 heteroatoms. The van der Waals surface area contributed by atoms with E-state index in [9.17, 15) is 12.8 Å². The maximum atomic E-state index is 13.8. The van der Waals surface area contributed by atoms with Crippen molar-refractivity contribution in [2.45, 2.75) is 38.0 Å². The number of rotatable bonds is 7. The van der Waals surface area contributed by atoms with Gasteiger partial charge in [-0.15, -0.1) is 11.3 Å². The lowest BCUT2D eigenvalue weighted by molar-refractivity contribution is 0.214. The number of halogens is 1. The van der Waals surface area contributed by atoms with Crippen molar-refractivity contribution in [2.24, 2.45) is 5.92 Å². The average Bonchev–Trinajstić information content (AvgIpc) is 2.96. The summed E-state index contributed by atoms with van der Waals surface area (Å²) in [6.45, 7) is 1.32. The summed E-state index contributed by atoms with van der Waals surface area (Å²) in [6, 6.07) is -0.0714. The second kappa shape index (κ2) is 6.51. The minimum absolute atomic E-state index is 0.0714. The van der Waals surface area contributed by atoms with Crippen LogP contribution in [0.1, 0.15) is 24.3 Å². The van der Waals surface area contributed by atoms with E-state index in [1.165, 1.54) is 4.31 Å². The molecule has 1 aromatic heterocycles. The number of likely N-dealkylation sites (N-methyl/N-ethyl adjacent to an activating group) is 1. The van der Waals surface area contributed by atoms with Crippen LogP contribution in [0.2, 0.25) is 0 Å². The van der Waals surface area contributed by atoms with Crippen molar-refractivity contribution in [3.8, 4) is 0 Å². The monoisotopic (exact) mass is 347 g/mol. The quantitative estimate of drug-likeness (QED) is 0.754. The van der Waals surface area contributed by atoms with Crippen LogP contribution >= 0.6 is 11.3 Å². The molecule has 0 spiro atoms. The summed E-state index contributed by atoms with van der Waals surface area (Å²) in [5, 5.41) is 2.85. The molecule has 1 aliphatic carbocycles. The predicted molar refractivity (Wildman–Crippen MR) is 85.0 cm³/mol. The predicted octanol–water partition coefficient (Wildman–Crippen LogP) is 1.73. The summed E-state index contributed by atoms with van der Waals surface area (Å²) < 4.78 is 39.8. The van der Waals surface area contributed by atoms with E-state index >= 15 is 0 Å². The van der Waals surface area contributed by atoms with E-state index in [0.29, 0.717) is 32.0 Å². The Hall–Kier alpha value is -0.570. The highest BCUT2D eigenvalue weighted by Gasteiger charge is 2.36. The molecular weight excluding hydrogens is 325 g/mol. The van der Waals surface area contributed by atoms with Gasteiger partial charge in [0, 0.05) is 37.8 Å². The molecule has 2 fully saturated rings. The molecule has 0 bridgehead atoms. The Morgan fingerprint density at radius 2 is 2.27 bits per heavy atom. The molecule has 0 amide bonds. The summed E-state index contributed by atoms with van der Waals surface area (Å²) in [7, 11) is -1.60. The molecule has 0 N–H and O–H groups in total. The fraction of sp³-hybridized carbons (Fsp3) is 0.786. The van der Waals surface area contributed by atoms with E-state index in [4.69, 9.17) is 0 Å². The standard InChI is InChI=1S/C14H22FN3O2S2/c1-17(22(19,20)10-11-2-3-11)8-13-6-12(15)7-18(13)9-14-16-4-5-21-14/h4-5,11-13H,2-3,6-10H2,1H3/t12-,13-/m0/s1. The smallest absolute Gasteiger partial charge is 0.214 e. The lowest BCUT2D eigenvalue weighted by Crippen LogP contribution is -2.41. The van der Waals surface area contributed by atoms with E-state index in [-0.39, 0.29) is 11.8 Å². The Kier molecular flexibility index (Phi) is 4.82. The zero-order valence-corrected chi connectivity index (χ0v) is 14.3. The van der Waals surface area contributed by atoms with Crippen LogP contribution in [0.4, 0.5) is 4.39 Å². The molecule has 2 atom stereocenters. The van der Waals surface area contributed by atoms with Crippen LogP contribution < -0.4 is 0 Å². The van der Waals surface area contributed by atoms with Crippen molar-refractivity contribution >= 4 is 21.4 Å². The summed E-state index contributed by atoms with van der Waals surface area (Å²) in [5.74, 6) is 0.568. The van der Waals surface area contributed by atoms with Gasteiger partial charge in [-0.1, -0.05) is 0 Å². The van der Waals surface area contributed by atoms with Gasteiger partial charge in [-0.3, -0.25) is 4.90 Å². The van der Waals surface area contributed by atoms with Crippen molar-refractivity contribution in [2.75, 3.05) is 25.9 Å². The molecule has 0 radical (unpaired) electrons. The fourth-order valence-corrected chi connectivity index (χ4v) is 5.15. The van der Waals surface area contributed by atoms with Crippen LogP contribution in [0, 0.1) is 5.92 Å². The highest BCUT2D eigenvalue weighted by molar-refractivity contribution is 7.89. The van der Waals surface area contributed by atoms with Gasteiger partial charge in [0.1, 0.15) is 11.2 Å².